The maximum atomic E-state index is 12.8. The van der Waals surface area contributed by atoms with Crippen LogP contribution in [-0.4, -0.2) is 41.0 Å². The quantitative estimate of drug-likeness (QED) is 0.286. The fourth-order valence-corrected chi connectivity index (χ4v) is 5.97. The number of nitrogens with one attached hydrogen (secondary N) is 2. The molecule has 1 aliphatic carbocycles. The van der Waals surface area contributed by atoms with E-state index in [0.29, 0.717) is 27.5 Å². The number of H-pyrrole nitrogens is 1. The molecule has 2 heterocycles. The lowest BCUT2D eigenvalue weighted by Crippen LogP contribution is -2.22. The number of aromatic amines is 1. The first-order chi connectivity index (χ1) is 18.5. The predicted octanol–water partition coefficient (Wildman–Crippen LogP) is 5.92. The Bertz CT molecular complexity index is 1470. The van der Waals surface area contributed by atoms with Crippen molar-refractivity contribution >= 4 is 45.2 Å². The Kier molecular flexibility index (Phi) is 7.83. The van der Waals surface area contributed by atoms with Crippen molar-refractivity contribution in [2.75, 3.05) is 18.5 Å². The summed E-state index contributed by atoms with van der Waals surface area (Å²) in [6, 6.07) is 14.7. The summed E-state index contributed by atoms with van der Waals surface area (Å²) in [7, 11) is 0. The van der Waals surface area contributed by atoms with Gasteiger partial charge >= 0.3 is 11.9 Å². The molecule has 0 saturated carbocycles. The minimum Gasteiger partial charge on any atom is -0.462 e. The van der Waals surface area contributed by atoms with E-state index >= 15 is 0 Å². The number of carbonyl (C=O) groups excluding carboxylic acids is 3. The Hall–Kier alpha value is -3.98. The van der Waals surface area contributed by atoms with E-state index in [1.54, 1.807) is 25.1 Å². The molecular formula is C29H29N3O5S. The molecule has 0 aliphatic heterocycles. The third-order valence-corrected chi connectivity index (χ3v) is 7.71. The monoisotopic (exact) mass is 531 g/mol. The van der Waals surface area contributed by atoms with Crippen LogP contribution in [0.1, 0.15) is 63.8 Å². The zero-order valence-electron chi connectivity index (χ0n) is 21.2. The molecule has 0 bridgehead atoms. The number of amides is 1. The minimum atomic E-state index is -0.623. The van der Waals surface area contributed by atoms with E-state index in [4.69, 9.17) is 9.47 Å². The number of anilines is 1. The number of rotatable bonds is 7. The number of imidazole rings is 1. The number of benzene rings is 2. The number of carbonyl (C=O) groups is 3. The van der Waals surface area contributed by atoms with Crippen LogP contribution in [0.3, 0.4) is 0 Å². The van der Waals surface area contributed by atoms with Gasteiger partial charge in [0.2, 0.25) is 0 Å². The van der Waals surface area contributed by atoms with Gasteiger partial charge in [0, 0.05) is 10.4 Å². The number of hydrogen-bond acceptors (Lipinski definition) is 7. The number of fused-ring (bicyclic) bond motifs is 2. The Morgan fingerprint density at radius 2 is 1.76 bits per heavy atom. The summed E-state index contributed by atoms with van der Waals surface area (Å²) < 4.78 is 10.6. The molecule has 2 aromatic heterocycles. The fraction of sp³-hybridized carbons (Fsp3) is 0.310. The number of thiophene rings is 1. The van der Waals surface area contributed by atoms with E-state index in [1.165, 1.54) is 11.3 Å². The molecule has 5 rings (SSSR count). The summed E-state index contributed by atoms with van der Waals surface area (Å²) in [6.45, 7) is 1.54. The van der Waals surface area contributed by atoms with Crippen LogP contribution in [0, 0.1) is 0 Å². The molecule has 0 spiro atoms. The zero-order chi connectivity index (χ0) is 26.5. The van der Waals surface area contributed by atoms with Crippen molar-refractivity contribution in [2.24, 2.45) is 0 Å². The van der Waals surface area contributed by atoms with Crippen LogP contribution in [0.4, 0.5) is 5.00 Å². The van der Waals surface area contributed by atoms with Crippen molar-refractivity contribution in [2.45, 2.75) is 45.4 Å². The first-order valence-electron chi connectivity index (χ1n) is 12.9. The van der Waals surface area contributed by atoms with E-state index in [9.17, 15) is 14.4 Å². The summed E-state index contributed by atoms with van der Waals surface area (Å²) in [5.74, 6) is -0.859. The van der Waals surface area contributed by atoms with Gasteiger partial charge in [-0.2, -0.15) is 0 Å². The second kappa shape index (κ2) is 11.6. The highest BCUT2D eigenvalue weighted by molar-refractivity contribution is 7.17. The van der Waals surface area contributed by atoms with Gasteiger partial charge in [-0.05, 0) is 56.4 Å². The second-order valence-electron chi connectivity index (χ2n) is 9.15. The summed E-state index contributed by atoms with van der Waals surface area (Å²) in [5.41, 5.74) is 4.07. The Morgan fingerprint density at radius 3 is 2.55 bits per heavy atom. The molecule has 4 aromatic rings. The number of nitrogens with zero attached hydrogens (tertiary/aromatic N) is 1. The van der Waals surface area contributed by atoms with Crippen LogP contribution >= 0.6 is 11.3 Å². The molecule has 2 aromatic carbocycles. The van der Waals surface area contributed by atoms with Crippen LogP contribution in [0.25, 0.3) is 22.4 Å². The lowest BCUT2D eigenvalue weighted by Gasteiger charge is -2.11. The molecule has 1 aliphatic rings. The van der Waals surface area contributed by atoms with Gasteiger partial charge in [-0.1, -0.05) is 43.2 Å². The first-order valence-corrected chi connectivity index (χ1v) is 13.7. The van der Waals surface area contributed by atoms with Crippen molar-refractivity contribution < 1.29 is 23.9 Å². The molecule has 0 atom stereocenters. The molecule has 0 radical (unpaired) electrons. The van der Waals surface area contributed by atoms with E-state index in [-0.39, 0.29) is 6.61 Å². The summed E-state index contributed by atoms with van der Waals surface area (Å²) in [5, 5.41) is 3.25. The van der Waals surface area contributed by atoms with Gasteiger partial charge in [-0.3, -0.25) is 4.79 Å². The van der Waals surface area contributed by atoms with Gasteiger partial charge in [0.15, 0.2) is 6.61 Å². The van der Waals surface area contributed by atoms with Crippen LogP contribution in [0.15, 0.2) is 48.5 Å². The SMILES string of the molecule is CCOC(=O)c1c(NC(=O)COC(=O)c2ccc3nc(-c4ccccc4)[nH]c3c2)sc2c1CCCCCC2. The van der Waals surface area contributed by atoms with E-state index < -0.39 is 24.5 Å². The standard InChI is InChI=1S/C29H29N3O5S/c1-2-36-29(35)25-20-12-8-3-4-9-13-23(20)38-27(25)32-24(33)17-37-28(34)19-14-15-21-22(16-19)31-26(30-21)18-10-6-5-7-11-18/h5-7,10-11,14-16H,2-4,8-9,12-13,17H2,1H3,(H,30,31)(H,32,33). The van der Waals surface area contributed by atoms with Gasteiger partial charge in [0.05, 0.1) is 28.8 Å². The van der Waals surface area contributed by atoms with Crippen molar-refractivity contribution in [1.82, 2.24) is 9.97 Å². The van der Waals surface area contributed by atoms with Crippen LogP contribution in [-0.2, 0) is 27.1 Å². The highest BCUT2D eigenvalue weighted by Crippen LogP contribution is 2.37. The molecular weight excluding hydrogens is 502 g/mol. The van der Waals surface area contributed by atoms with Crippen molar-refractivity contribution in [3.8, 4) is 11.4 Å². The van der Waals surface area contributed by atoms with Crippen LogP contribution < -0.4 is 5.32 Å². The average Bonchev–Trinajstić information content (AvgIpc) is 3.48. The normalized spacial score (nSPS) is 13.3. The molecule has 0 unspecified atom stereocenters. The van der Waals surface area contributed by atoms with E-state index in [0.717, 1.165) is 60.0 Å². The minimum absolute atomic E-state index is 0.252. The number of hydrogen-bond donors (Lipinski definition) is 2. The number of aryl methyl sites for hydroxylation is 1. The topological polar surface area (TPSA) is 110 Å². The molecule has 38 heavy (non-hydrogen) atoms. The summed E-state index contributed by atoms with van der Waals surface area (Å²) in [6.07, 6.45) is 5.98. The molecule has 196 valence electrons. The number of aromatic nitrogens is 2. The smallest absolute Gasteiger partial charge is 0.341 e. The van der Waals surface area contributed by atoms with Gasteiger partial charge in [0.25, 0.3) is 5.91 Å². The van der Waals surface area contributed by atoms with Gasteiger partial charge < -0.3 is 19.8 Å². The maximum absolute atomic E-state index is 12.8. The zero-order valence-corrected chi connectivity index (χ0v) is 22.0. The predicted molar refractivity (Wildman–Crippen MR) is 147 cm³/mol. The molecule has 0 saturated heterocycles. The molecule has 9 heteroatoms. The lowest BCUT2D eigenvalue weighted by atomic mass is 9.96. The lowest BCUT2D eigenvalue weighted by molar-refractivity contribution is -0.119. The highest BCUT2D eigenvalue weighted by atomic mass is 32.1. The third kappa shape index (κ3) is 5.62. The molecule has 8 nitrogen and oxygen atoms in total. The first kappa shape index (κ1) is 25.7. The number of esters is 2. The van der Waals surface area contributed by atoms with Crippen molar-refractivity contribution in [3.63, 3.8) is 0 Å². The third-order valence-electron chi connectivity index (χ3n) is 6.50. The average molecular weight is 532 g/mol. The van der Waals surface area contributed by atoms with Gasteiger partial charge in [-0.25, -0.2) is 14.6 Å². The Morgan fingerprint density at radius 1 is 0.974 bits per heavy atom. The maximum Gasteiger partial charge on any atom is 0.341 e. The molecule has 0 fully saturated rings. The van der Waals surface area contributed by atoms with Crippen LogP contribution in [0.2, 0.25) is 0 Å². The fourth-order valence-electron chi connectivity index (χ4n) is 4.67. The largest absolute Gasteiger partial charge is 0.462 e. The van der Waals surface area contributed by atoms with Crippen molar-refractivity contribution in [3.05, 3.63) is 70.1 Å². The Labute approximate surface area is 224 Å². The molecule has 1 amide bonds. The summed E-state index contributed by atoms with van der Waals surface area (Å²) >= 11 is 1.42. The molecule has 2 N–H and O–H groups in total. The highest BCUT2D eigenvalue weighted by Gasteiger charge is 2.26. The van der Waals surface area contributed by atoms with Crippen LogP contribution in [0.5, 0.6) is 0 Å². The number of ether oxygens (including phenoxy) is 2. The van der Waals surface area contributed by atoms with Gasteiger partial charge in [-0.15, -0.1) is 11.3 Å². The van der Waals surface area contributed by atoms with Gasteiger partial charge in [0.1, 0.15) is 10.8 Å². The second-order valence-corrected chi connectivity index (χ2v) is 10.3. The van der Waals surface area contributed by atoms with E-state index in [2.05, 4.69) is 15.3 Å². The summed E-state index contributed by atoms with van der Waals surface area (Å²) in [4.78, 5) is 47.1. The van der Waals surface area contributed by atoms with Crippen molar-refractivity contribution in [1.29, 1.82) is 0 Å². The Balaban J connectivity index is 1.27. The van der Waals surface area contributed by atoms with E-state index in [1.807, 2.05) is 30.3 Å².